The number of hydrogen-bond donors (Lipinski definition) is 1. The molecule has 1 amide bonds. The van der Waals surface area contributed by atoms with E-state index >= 15 is 0 Å². The number of benzene rings is 1. The smallest absolute Gasteiger partial charge is 0.314 e. The van der Waals surface area contributed by atoms with Crippen molar-refractivity contribution in [2.24, 2.45) is 0 Å². The lowest BCUT2D eigenvalue weighted by molar-refractivity contribution is -0.127. The van der Waals surface area contributed by atoms with Crippen molar-refractivity contribution in [3.63, 3.8) is 0 Å². The average molecular weight is 274 g/mol. The average Bonchev–Trinajstić information content (AvgIpc) is 2.26. The van der Waals surface area contributed by atoms with Crippen LogP contribution in [-0.4, -0.2) is 32.2 Å². The van der Waals surface area contributed by atoms with E-state index in [9.17, 15) is 18.0 Å². The summed E-state index contributed by atoms with van der Waals surface area (Å²) in [6.45, 7) is 2.28. The van der Waals surface area contributed by atoms with Crippen LogP contribution in [0.4, 0.5) is 18.9 Å². The van der Waals surface area contributed by atoms with Crippen molar-refractivity contribution in [3.8, 4) is 0 Å². The number of aryl methyl sites for hydroxylation is 2. The number of amides is 1. The zero-order valence-corrected chi connectivity index (χ0v) is 11.1. The van der Waals surface area contributed by atoms with Crippen LogP contribution in [0.3, 0.4) is 0 Å². The summed E-state index contributed by atoms with van der Waals surface area (Å²) in [7, 11) is 1.55. The lowest BCUT2D eigenvalue weighted by Gasteiger charge is -2.20. The monoisotopic (exact) mass is 274 g/mol. The number of nitrogens with zero attached hydrogens (tertiary/aromatic N) is 1. The fourth-order valence-electron chi connectivity index (χ4n) is 1.75. The summed E-state index contributed by atoms with van der Waals surface area (Å²) >= 11 is 0. The normalized spacial score (nSPS) is 11.5. The molecule has 0 atom stereocenters. The predicted molar refractivity (Wildman–Crippen MR) is 68.3 cm³/mol. The first-order chi connectivity index (χ1) is 8.70. The maximum absolute atomic E-state index is 12.0. The molecule has 0 unspecified atom stereocenters. The van der Waals surface area contributed by atoms with Gasteiger partial charge in [0.2, 0.25) is 5.91 Å². The number of hydrogen-bond acceptors (Lipinski definition) is 2. The highest BCUT2D eigenvalue weighted by Gasteiger charge is 2.27. The molecule has 1 aromatic carbocycles. The first-order valence-corrected chi connectivity index (χ1v) is 5.82. The zero-order chi connectivity index (χ0) is 14.6. The molecule has 0 bridgehead atoms. The Morgan fingerprint density at radius 2 is 1.95 bits per heavy atom. The summed E-state index contributed by atoms with van der Waals surface area (Å²) in [5.74, 6) is -0.406. The fourth-order valence-corrected chi connectivity index (χ4v) is 1.75. The molecular formula is C13H17F3N2O. The van der Waals surface area contributed by atoms with Gasteiger partial charge in [0.25, 0.3) is 0 Å². The SMILES string of the molecule is Cc1ccc(N(C)C(=O)CNCC(F)(F)F)c(C)c1. The van der Waals surface area contributed by atoms with Crippen molar-refractivity contribution in [2.45, 2.75) is 20.0 Å². The van der Waals surface area contributed by atoms with E-state index in [0.29, 0.717) is 5.69 Å². The highest BCUT2D eigenvalue weighted by atomic mass is 19.4. The van der Waals surface area contributed by atoms with E-state index in [1.54, 1.807) is 13.1 Å². The second-order valence-electron chi connectivity index (χ2n) is 4.46. The van der Waals surface area contributed by atoms with Gasteiger partial charge in [0.15, 0.2) is 0 Å². The summed E-state index contributed by atoms with van der Waals surface area (Å²) < 4.78 is 35.9. The van der Waals surface area contributed by atoms with E-state index in [1.165, 1.54) is 4.90 Å². The van der Waals surface area contributed by atoms with Crippen LogP contribution in [-0.2, 0) is 4.79 Å². The van der Waals surface area contributed by atoms with Gasteiger partial charge in [-0.15, -0.1) is 0 Å². The van der Waals surface area contributed by atoms with Crippen LogP contribution in [0, 0.1) is 13.8 Å². The van der Waals surface area contributed by atoms with Crippen LogP contribution in [0.25, 0.3) is 0 Å². The number of likely N-dealkylation sites (N-methyl/N-ethyl adjacent to an activating group) is 1. The Hall–Kier alpha value is -1.56. The quantitative estimate of drug-likeness (QED) is 0.914. The number of halogens is 3. The summed E-state index contributed by atoms with van der Waals surface area (Å²) in [6, 6.07) is 5.56. The maximum atomic E-state index is 12.0. The molecule has 0 heterocycles. The summed E-state index contributed by atoms with van der Waals surface area (Å²) in [6.07, 6.45) is -4.31. The van der Waals surface area contributed by atoms with Crippen molar-refractivity contribution in [2.75, 3.05) is 25.0 Å². The Morgan fingerprint density at radius 3 is 2.47 bits per heavy atom. The van der Waals surface area contributed by atoms with Crippen molar-refractivity contribution in [1.82, 2.24) is 5.32 Å². The summed E-state index contributed by atoms with van der Waals surface area (Å²) in [5, 5.41) is 2.09. The molecule has 1 aromatic rings. The van der Waals surface area contributed by atoms with E-state index in [2.05, 4.69) is 5.32 Å². The van der Waals surface area contributed by atoms with E-state index in [4.69, 9.17) is 0 Å². The number of anilines is 1. The lowest BCUT2D eigenvalue weighted by atomic mass is 10.1. The molecule has 0 spiro atoms. The van der Waals surface area contributed by atoms with Crippen LogP contribution < -0.4 is 10.2 Å². The summed E-state index contributed by atoms with van der Waals surface area (Å²) in [5.41, 5.74) is 2.67. The topological polar surface area (TPSA) is 32.3 Å². The Labute approximate surface area is 110 Å². The Morgan fingerprint density at radius 1 is 1.32 bits per heavy atom. The van der Waals surface area contributed by atoms with Crippen LogP contribution in [0.1, 0.15) is 11.1 Å². The van der Waals surface area contributed by atoms with Gasteiger partial charge >= 0.3 is 6.18 Å². The maximum Gasteiger partial charge on any atom is 0.401 e. The molecule has 19 heavy (non-hydrogen) atoms. The number of nitrogens with one attached hydrogen (secondary N) is 1. The number of carbonyl (C=O) groups excluding carboxylic acids is 1. The van der Waals surface area contributed by atoms with E-state index in [-0.39, 0.29) is 6.54 Å². The molecule has 0 aromatic heterocycles. The van der Waals surface area contributed by atoms with Crippen LogP contribution in [0.2, 0.25) is 0 Å². The molecule has 6 heteroatoms. The second kappa shape index (κ2) is 6.06. The molecule has 1 rings (SSSR count). The van der Waals surface area contributed by atoms with Gasteiger partial charge in [0, 0.05) is 12.7 Å². The standard InChI is InChI=1S/C13H17F3N2O/c1-9-4-5-11(10(2)6-9)18(3)12(19)7-17-8-13(14,15)16/h4-6,17H,7-8H2,1-3H3. The molecule has 1 N–H and O–H groups in total. The van der Waals surface area contributed by atoms with Crippen molar-refractivity contribution < 1.29 is 18.0 Å². The first kappa shape index (κ1) is 15.5. The highest BCUT2D eigenvalue weighted by Crippen LogP contribution is 2.20. The van der Waals surface area contributed by atoms with Crippen LogP contribution in [0.5, 0.6) is 0 Å². The molecular weight excluding hydrogens is 257 g/mol. The summed E-state index contributed by atoms with van der Waals surface area (Å²) in [4.78, 5) is 13.1. The molecule has 0 aliphatic carbocycles. The van der Waals surface area contributed by atoms with Gasteiger partial charge in [-0.3, -0.25) is 4.79 Å². The van der Waals surface area contributed by atoms with Gasteiger partial charge in [-0.05, 0) is 25.5 Å². The third-order valence-electron chi connectivity index (χ3n) is 2.69. The van der Waals surface area contributed by atoms with Crippen LogP contribution in [0.15, 0.2) is 18.2 Å². The largest absolute Gasteiger partial charge is 0.401 e. The van der Waals surface area contributed by atoms with Gasteiger partial charge in [0.1, 0.15) is 0 Å². The third kappa shape index (κ3) is 4.90. The third-order valence-corrected chi connectivity index (χ3v) is 2.69. The van der Waals surface area contributed by atoms with Gasteiger partial charge in [-0.1, -0.05) is 17.7 Å². The first-order valence-electron chi connectivity index (χ1n) is 5.82. The molecule has 0 aliphatic rings. The molecule has 0 saturated carbocycles. The Balaban J connectivity index is 2.62. The Kier molecular flexibility index (Phi) is 4.94. The number of rotatable bonds is 4. The fraction of sp³-hybridized carbons (Fsp3) is 0.462. The molecule has 0 saturated heterocycles. The van der Waals surface area contributed by atoms with Gasteiger partial charge < -0.3 is 10.2 Å². The minimum Gasteiger partial charge on any atom is -0.314 e. The Bertz CT molecular complexity index is 458. The second-order valence-corrected chi connectivity index (χ2v) is 4.46. The van der Waals surface area contributed by atoms with E-state index < -0.39 is 18.6 Å². The van der Waals surface area contributed by atoms with Gasteiger partial charge in [-0.2, -0.15) is 13.2 Å². The minimum atomic E-state index is -4.31. The van der Waals surface area contributed by atoms with Crippen molar-refractivity contribution in [1.29, 1.82) is 0 Å². The molecule has 0 radical (unpaired) electrons. The molecule has 0 aliphatic heterocycles. The molecule has 0 fully saturated rings. The minimum absolute atomic E-state index is 0.344. The van der Waals surface area contributed by atoms with Crippen molar-refractivity contribution >= 4 is 11.6 Å². The van der Waals surface area contributed by atoms with Gasteiger partial charge in [-0.25, -0.2) is 0 Å². The lowest BCUT2D eigenvalue weighted by Crippen LogP contribution is -2.39. The van der Waals surface area contributed by atoms with Crippen LogP contribution >= 0.6 is 0 Å². The highest BCUT2D eigenvalue weighted by molar-refractivity contribution is 5.95. The molecule has 106 valence electrons. The predicted octanol–water partition coefficient (Wildman–Crippen LogP) is 2.42. The number of alkyl halides is 3. The number of carbonyl (C=O) groups is 1. The van der Waals surface area contributed by atoms with Crippen molar-refractivity contribution in [3.05, 3.63) is 29.3 Å². The van der Waals surface area contributed by atoms with Gasteiger partial charge in [0.05, 0.1) is 13.1 Å². The van der Waals surface area contributed by atoms with E-state index in [1.807, 2.05) is 26.0 Å². The molecule has 3 nitrogen and oxygen atoms in total. The zero-order valence-electron chi connectivity index (χ0n) is 11.1. The van der Waals surface area contributed by atoms with E-state index in [0.717, 1.165) is 11.1 Å².